The molecule has 0 unspecified atom stereocenters. The molecule has 8 bridgehead atoms. The fourth-order valence-corrected chi connectivity index (χ4v) is 9.22. The summed E-state index contributed by atoms with van der Waals surface area (Å²) in [6, 6.07) is 16.8. The van der Waals surface area contributed by atoms with E-state index in [-0.39, 0.29) is 101 Å². The van der Waals surface area contributed by atoms with E-state index in [0.717, 1.165) is 12.1 Å². The largest absolute Gasteiger partial charge is 0.357 e. The van der Waals surface area contributed by atoms with Gasteiger partial charge in [-0.1, -0.05) is 48.5 Å². The van der Waals surface area contributed by atoms with Crippen molar-refractivity contribution in [3.63, 3.8) is 0 Å². The van der Waals surface area contributed by atoms with Crippen LogP contribution < -0.4 is 21.0 Å². The van der Waals surface area contributed by atoms with Gasteiger partial charge >= 0.3 is 0 Å². The predicted octanol–water partition coefficient (Wildman–Crippen LogP) is 3.09. The Morgan fingerprint density at radius 1 is 0.561 bits per heavy atom. The summed E-state index contributed by atoms with van der Waals surface area (Å²) in [5, 5.41) is 5.62. The van der Waals surface area contributed by atoms with Crippen molar-refractivity contribution in [2.75, 3.05) is 0 Å². The van der Waals surface area contributed by atoms with Crippen molar-refractivity contribution in [2.24, 2.45) is 11.0 Å². The number of primary sulfonamides is 1. The molecule has 2 aliphatic heterocycles. The molecule has 0 atom stereocenters. The van der Waals surface area contributed by atoms with E-state index in [1.807, 2.05) is 0 Å². The minimum absolute atomic E-state index is 0. The molecular weight excluding hydrogens is 876 g/mol. The zero-order valence-electron chi connectivity index (χ0n) is 27.8. The predicted molar refractivity (Wildman–Crippen MR) is 197 cm³/mol. The number of benzene rings is 4. The molecule has 0 amide bonds. The van der Waals surface area contributed by atoms with Gasteiger partial charge in [-0.15, -0.1) is 9.32 Å². The maximum atomic E-state index is 12.9. The number of fused-ring (bicyclic) bond motifs is 20. The molecule has 0 fully saturated rings. The zero-order valence-corrected chi connectivity index (χ0v) is 32.0. The molecule has 5 heterocycles. The Balaban J connectivity index is 0.00000455. The molecule has 25 heteroatoms. The van der Waals surface area contributed by atoms with Gasteiger partial charge in [0.05, 0.1) is 40.2 Å². The quantitative estimate of drug-likeness (QED) is 0.0612. The smallest absolute Gasteiger partial charge is 0.295 e. The Kier molecular flexibility index (Phi) is 9.26. The SMILES string of the molecule is NOOSc1cccc2c1-c1nc-2nc2[n-]c(nc3nc(nc4[n-]c(n1)c1cccc(S(=O)(=O)O)c41)-c1cccc(S(=O)(=O)O)c1-3)c1cccc(S(N)(=O)=O)c21.[Cu]. The first-order valence-electron chi connectivity index (χ1n) is 15.5. The molecule has 1 radical (unpaired) electrons. The summed E-state index contributed by atoms with van der Waals surface area (Å²) in [7, 11) is -14.3. The first-order chi connectivity index (χ1) is 26.6. The minimum Gasteiger partial charge on any atom is -0.357 e. The summed E-state index contributed by atoms with van der Waals surface area (Å²) in [6.45, 7) is 0. The van der Waals surface area contributed by atoms with Crippen LogP contribution in [0.2, 0.25) is 0 Å². The molecule has 3 aromatic heterocycles. The van der Waals surface area contributed by atoms with Gasteiger partial charge in [0.25, 0.3) is 20.2 Å². The van der Waals surface area contributed by atoms with Crippen molar-refractivity contribution in [2.45, 2.75) is 19.6 Å². The van der Waals surface area contributed by atoms with Crippen molar-refractivity contribution < 1.29 is 60.7 Å². The fourth-order valence-electron chi connectivity index (χ4n) is 6.52. The summed E-state index contributed by atoms with van der Waals surface area (Å²) in [5.74, 6) is 4.46. The van der Waals surface area contributed by atoms with E-state index < -0.39 is 40.1 Å². The van der Waals surface area contributed by atoms with Crippen LogP contribution in [0, 0.1) is 0 Å². The molecule has 0 saturated heterocycles. The number of hydrogen-bond donors (Lipinski definition) is 4. The average molecular weight is 894 g/mol. The van der Waals surface area contributed by atoms with Crippen LogP contribution in [0.5, 0.6) is 0 Å². The summed E-state index contributed by atoms with van der Waals surface area (Å²) in [6.07, 6.45) is 0. The number of rotatable bonds is 6. The summed E-state index contributed by atoms with van der Waals surface area (Å²) in [4.78, 5) is 39.8. The average Bonchev–Trinajstić information content (AvgIpc) is 3.88. The second-order valence-corrected chi connectivity index (χ2v) is 17.0. The summed E-state index contributed by atoms with van der Waals surface area (Å²) < 4.78 is 102. The van der Waals surface area contributed by atoms with Crippen molar-refractivity contribution in [1.29, 1.82) is 0 Å². The Labute approximate surface area is 334 Å². The molecule has 6 N–H and O–H groups in total. The molecule has 9 rings (SSSR count). The third-order valence-electron chi connectivity index (χ3n) is 8.68. The van der Waals surface area contributed by atoms with Crippen LogP contribution in [0.3, 0.4) is 0 Å². The molecule has 7 aromatic rings. The third-order valence-corrected chi connectivity index (χ3v) is 12.1. The van der Waals surface area contributed by atoms with Crippen molar-refractivity contribution >= 4 is 86.4 Å². The van der Waals surface area contributed by atoms with Gasteiger partial charge in [-0.05, 0) is 35.0 Å². The van der Waals surface area contributed by atoms with Gasteiger partial charge in [0.1, 0.15) is 9.79 Å². The van der Waals surface area contributed by atoms with Gasteiger partial charge in [0.15, 0.2) is 0 Å². The third kappa shape index (κ3) is 6.44. The molecule has 4 aromatic carbocycles. The van der Waals surface area contributed by atoms with Crippen LogP contribution in [0.4, 0.5) is 0 Å². The summed E-state index contributed by atoms with van der Waals surface area (Å²) >= 11 is 0.700. The van der Waals surface area contributed by atoms with Crippen LogP contribution >= 0.6 is 12.0 Å². The standard InChI is InChI=1S/C32H18N10O10S4.Cu/c33-51-52-53-17-9-1-5-13-21(17)29-35-25(13)37-30-22-14(6-2-10-18(22)54(34,43)44)26(38-30)39-31-24-16(8-4-12-20(24)56(48,49)50)28(41-31)42-32-23-15(27(36-29)40-32)7-3-11-19(23)55(45,46)47;/h1-12H,33H2,(H4-2,34,35,36,37,38,39,40,41,42,43,44,45,46,47,48,49,50);/q-2;. The molecule has 57 heavy (non-hydrogen) atoms. The van der Waals surface area contributed by atoms with Crippen LogP contribution in [0.15, 0.2) is 92.4 Å². The second kappa shape index (κ2) is 13.7. The monoisotopic (exact) mass is 893 g/mol. The van der Waals surface area contributed by atoms with E-state index in [1.165, 1.54) is 42.5 Å². The van der Waals surface area contributed by atoms with Crippen molar-refractivity contribution in [3.05, 3.63) is 72.8 Å². The first kappa shape index (κ1) is 38.6. The van der Waals surface area contributed by atoms with E-state index in [9.17, 15) is 34.4 Å². The van der Waals surface area contributed by atoms with Gasteiger partial charge in [-0.25, -0.2) is 23.5 Å². The van der Waals surface area contributed by atoms with Gasteiger partial charge in [-0.2, -0.15) is 22.7 Å². The van der Waals surface area contributed by atoms with Crippen molar-refractivity contribution in [1.82, 2.24) is 39.9 Å². The minimum atomic E-state index is -4.94. The number of aromatic nitrogens is 8. The Bertz CT molecular complexity index is 3380. The van der Waals surface area contributed by atoms with E-state index in [1.54, 1.807) is 18.2 Å². The van der Waals surface area contributed by atoms with Gasteiger partial charge in [-0.3, -0.25) is 9.11 Å². The van der Waals surface area contributed by atoms with Crippen LogP contribution in [-0.2, 0) is 56.7 Å². The van der Waals surface area contributed by atoms with Crippen molar-refractivity contribution in [3.8, 4) is 45.6 Å². The van der Waals surface area contributed by atoms with Crippen LogP contribution in [0.25, 0.3) is 89.7 Å². The molecule has 293 valence electrons. The second-order valence-electron chi connectivity index (χ2n) is 11.9. The first-order valence-corrected chi connectivity index (χ1v) is 20.7. The topological polar surface area (TPSA) is 319 Å². The number of nitrogens with two attached hydrogens (primary N) is 2. The molecule has 0 spiro atoms. The summed E-state index contributed by atoms with van der Waals surface area (Å²) in [5.41, 5.74) is -0.387. The molecular formula is C32H18CuN10O10S4-2. The Morgan fingerprint density at radius 3 is 1.56 bits per heavy atom. The maximum Gasteiger partial charge on any atom is 0.295 e. The normalized spacial score (nSPS) is 12.7. The molecule has 20 nitrogen and oxygen atoms in total. The number of hydrogen-bond acceptors (Lipinski definition) is 16. The molecule has 2 aliphatic rings. The van der Waals surface area contributed by atoms with E-state index >= 15 is 0 Å². The van der Waals surface area contributed by atoms with Crippen LogP contribution in [0.1, 0.15) is 0 Å². The van der Waals surface area contributed by atoms with E-state index in [2.05, 4.69) is 39.9 Å². The van der Waals surface area contributed by atoms with Gasteiger partial charge < -0.3 is 29.9 Å². The van der Waals surface area contributed by atoms with E-state index in [4.69, 9.17) is 20.4 Å². The molecule has 0 aliphatic carbocycles. The van der Waals surface area contributed by atoms with Gasteiger partial charge in [0.2, 0.25) is 10.0 Å². The number of sulfonamides is 1. The van der Waals surface area contributed by atoms with E-state index in [0.29, 0.717) is 28.1 Å². The Morgan fingerprint density at radius 2 is 1.02 bits per heavy atom. The van der Waals surface area contributed by atoms with Crippen LogP contribution in [-0.4, -0.2) is 64.3 Å². The molecule has 0 saturated carbocycles. The fraction of sp³-hybridized carbons (Fsp3) is 0. The number of nitrogens with zero attached hydrogens (tertiary/aromatic N) is 8. The zero-order chi connectivity index (χ0) is 39.3. The Hall–Kier alpha value is -5.28. The van der Waals surface area contributed by atoms with Gasteiger partial charge in [0, 0.05) is 77.6 Å². The maximum absolute atomic E-state index is 12.9.